The van der Waals surface area contributed by atoms with E-state index < -0.39 is 16.6 Å². The molecule has 2 atom stereocenters. The van der Waals surface area contributed by atoms with Crippen LogP contribution in [0.15, 0.2) is 6.07 Å². The first-order valence-electron chi connectivity index (χ1n) is 10.1. The zero-order valence-electron chi connectivity index (χ0n) is 18.6. The maximum atomic E-state index is 12.9. The molecule has 1 N–H and O–H groups in total. The number of piperidine rings is 1. The highest BCUT2D eigenvalue weighted by atomic mass is 32.2. The van der Waals surface area contributed by atoms with Crippen LogP contribution in [0.3, 0.4) is 0 Å². The summed E-state index contributed by atoms with van der Waals surface area (Å²) >= 11 is 0. The minimum atomic E-state index is -1.22. The lowest BCUT2D eigenvalue weighted by molar-refractivity contribution is 0.00567. The van der Waals surface area contributed by atoms with Crippen LogP contribution in [0.4, 0.5) is 4.79 Å². The Morgan fingerprint density at radius 1 is 1.24 bits per heavy atom. The lowest BCUT2D eigenvalue weighted by Gasteiger charge is -2.43. The first-order chi connectivity index (χ1) is 13.3. The molecule has 3 rings (SSSR count). The second-order valence-corrected chi connectivity index (χ2v) is 12.0. The van der Waals surface area contributed by atoms with Crippen molar-refractivity contribution in [3.63, 3.8) is 0 Å². The van der Waals surface area contributed by atoms with Gasteiger partial charge in [0.05, 0.1) is 34.6 Å². The van der Waals surface area contributed by atoms with Crippen LogP contribution in [-0.2, 0) is 22.3 Å². The molecule has 1 saturated heterocycles. The first kappa shape index (κ1) is 22.1. The predicted molar refractivity (Wildman–Crippen MR) is 112 cm³/mol. The fourth-order valence-electron chi connectivity index (χ4n) is 3.95. The van der Waals surface area contributed by atoms with E-state index in [4.69, 9.17) is 9.47 Å². The van der Waals surface area contributed by atoms with Gasteiger partial charge >= 0.3 is 6.09 Å². The molecular weight excluding hydrogens is 392 g/mol. The van der Waals surface area contributed by atoms with Crippen molar-refractivity contribution >= 4 is 17.1 Å². The van der Waals surface area contributed by atoms with Crippen LogP contribution in [0, 0.1) is 5.41 Å². The third-order valence-electron chi connectivity index (χ3n) is 5.56. The molecule has 0 aromatic carbocycles. The molecule has 2 aliphatic heterocycles. The molecule has 164 valence electrons. The van der Waals surface area contributed by atoms with Crippen LogP contribution in [0.1, 0.15) is 66.1 Å². The Morgan fingerprint density at radius 2 is 1.86 bits per heavy atom. The maximum absolute atomic E-state index is 12.9. The number of hydrogen-bond donors (Lipinski definition) is 1. The van der Waals surface area contributed by atoms with Gasteiger partial charge in [-0.15, -0.1) is 5.10 Å². The number of carbonyl (C=O) groups is 1. The Labute approximate surface area is 175 Å². The van der Waals surface area contributed by atoms with Gasteiger partial charge in [0.25, 0.3) is 0 Å². The molecule has 0 unspecified atom stereocenters. The SMILES string of the molecule is COc1cc2n(n1)CC1(CCN(C(=O)OC(C)(C)C)CC1)[C@@H]2N[S@](=O)C(C)(C)C. The predicted octanol–water partition coefficient (Wildman–Crippen LogP) is 3.02. The quantitative estimate of drug-likeness (QED) is 0.803. The normalized spacial score (nSPS) is 22.4. The molecule has 2 aliphatic rings. The van der Waals surface area contributed by atoms with Crippen molar-refractivity contribution in [3.05, 3.63) is 11.8 Å². The van der Waals surface area contributed by atoms with Gasteiger partial charge in [0.1, 0.15) is 5.60 Å². The number of methoxy groups -OCH3 is 1. The van der Waals surface area contributed by atoms with Crippen LogP contribution in [0.2, 0.25) is 0 Å². The average Bonchev–Trinajstić information content (AvgIpc) is 3.10. The van der Waals surface area contributed by atoms with Gasteiger partial charge < -0.3 is 14.4 Å². The molecule has 0 aliphatic carbocycles. The highest BCUT2D eigenvalue weighted by Gasteiger charge is 2.51. The highest BCUT2D eigenvalue weighted by Crippen LogP contribution is 2.50. The van der Waals surface area contributed by atoms with Gasteiger partial charge in [0.15, 0.2) is 0 Å². The number of amides is 1. The molecule has 1 amide bonds. The van der Waals surface area contributed by atoms with Gasteiger partial charge in [-0.1, -0.05) is 0 Å². The fourth-order valence-corrected chi connectivity index (χ4v) is 4.88. The molecular formula is C20H34N4O4S. The molecule has 29 heavy (non-hydrogen) atoms. The number of rotatable bonds is 3. The van der Waals surface area contributed by atoms with E-state index in [0.29, 0.717) is 25.5 Å². The summed E-state index contributed by atoms with van der Waals surface area (Å²) in [6.45, 7) is 13.4. The number of aromatic nitrogens is 2. The van der Waals surface area contributed by atoms with Crippen molar-refractivity contribution in [2.45, 2.75) is 77.3 Å². The number of likely N-dealkylation sites (tertiary alicyclic amines) is 1. The standard InChI is InChI=1S/C20H34N4O4S/c1-18(2,3)28-17(25)23-10-8-20(9-11-23)13-24-14(12-15(21-24)27-7)16(20)22-29(26)19(4,5)6/h12,16,22H,8-11,13H2,1-7H3/t16-,29-/m1/s1. The first-order valence-corrected chi connectivity index (χ1v) is 11.3. The van der Waals surface area contributed by atoms with Crippen LogP contribution < -0.4 is 9.46 Å². The topological polar surface area (TPSA) is 85.7 Å². The number of fused-ring (bicyclic) bond motifs is 1. The number of nitrogens with one attached hydrogen (secondary N) is 1. The summed E-state index contributed by atoms with van der Waals surface area (Å²) in [7, 11) is 0.377. The van der Waals surface area contributed by atoms with Crippen molar-refractivity contribution in [3.8, 4) is 5.88 Å². The number of ether oxygens (including phenoxy) is 2. The van der Waals surface area contributed by atoms with Crippen molar-refractivity contribution in [1.82, 2.24) is 19.4 Å². The van der Waals surface area contributed by atoms with Crippen LogP contribution in [0.5, 0.6) is 5.88 Å². The summed E-state index contributed by atoms with van der Waals surface area (Å²) in [6.07, 6.45) is 1.31. The molecule has 1 aromatic heterocycles. The molecule has 1 fully saturated rings. The van der Waals surface area contributed by atoms with Gasteiger partial charge in [-0.25, -0.2) is 13.7 Å². The summed E-state index contributed by atoms with van der Waals surface area (Å²) in [6, 6.07) is 1.81. The van der Waals surface area contributed by atoms with Crippen LogP contribution in [0.25, 0.3) is 0 Å². The van der Waals surface area contributed by atoms with E-state index in [2.05, 4.69) is 9.82 Å². The minimum absolute atomic E-state index is 0.111. The monoisotopic (exact) mass is 426 g/mol. The summed E-state index contributed by atoms with van der Waals surface area (Å²) in [5, 5.41) is 4.53. The largest absolute Gasteiger partial charge is 0.480 e. The molecule has 0 radical (unpaired) electrons. The Kier molecular flexibility index (Phi) is 5.77. The highest BCUT2D eigenvalue weighted by molar-refractivity contribution is 7.84. The summed E-state index contributed by atoms with van der Waals surface area (Å²) in [5.41, 5.74) is 0.338. The molecule has 3 heterocycles. The second kappa shape index (κ2) is 7.58. The molecule has 8 nitrogen and oxygen atoms in total. The molecule has 0 bridgehead atoms. The number of hydrogen-bond acceptors (Lipinski definition) is 5. The number of carbonyl (C=O) groups excluding carboxylic acids is 1. The fraction of sp³-hybridized carbons (Fsp3) is 0.800. The molecule has 1 aromatic rings. The summed E-state index contributed by atoms with van der Waals surface area (Å²) in [4.78, 5) is 14.2. The van der Waals surface area contributed by atoms with Crippen molar-refractivity contribution in [2.24, 2.45) is 5.41 Å². The van der Waals surface area contributed by atoms with Crippen molar-refractivity contribution in [1.29, 1.82) is 0 Å². The van der Waals surface area contributed by atoms with E-state index in [1.807, 2.05) is 52.3 Å². The van der Waals surface area contributed by atoms with E-state index in [1.54, 1.807) is 12.0 Å². The third-order valence-corrected chi connectivity index (χ3v) is 7.12. The van der Waals surface area contributed by atoms with Gasteiger partial charge in [-0.2, -0.15) is 0 Å². The Balaban J connectivity index is 1.79. The maximum Gasteiger partial charge on any atom is 0.410 e. The third kappa shape index (κ3) is 4.60. The van der Waals surface area contributed by atoms with Crippen LogP contribution >= 0.6 is 0 Å². The second-order valence-electron chi connectivity index (χ2n) is 10.0. The lowest BCUT2D eigenvalue weighted by atomic mass is 9.73. The van der Waals surface area contributed by atoms with Crippen molar-refractivity contribution < 1.29 is 18.5 Å². The van der Waals surface area contributed by atoms with Gasteiger partial charge in [0.2, 0.25) is 5.88 Å². The zero-order chi connectivity index (χ0) is 21.6. The van der Waals surface area contributed by atoms with E-state index in [9.17, 15) is 9.00 Å². The zero-order valence-corrected chi connectivity index (χ0v) is 19.4. The lowest BCUT2D eigenvalue weighted by Crippen LogP contribution is -2.50. The average molecular weight is 427 g/mol. The molecule has 1 spiro atoms. The van der Waals surface area contributed by atoms with E-state index in [0.717, 1.165) is 18.5 Å². The Bertz CT molecular complexity index is 785. The van der Waals surface area contributed by atoms with Gasteiger partial charge in [-0.3, -0.25) is 4.68 Å². The summed E-state index contributed by atoms with van der Waals surface area (Å²) < 4.78 is 28.7. The minimum Gasteiger partial charge on any atom is -0.480 e. The Morgan fingerprint density at radius 3 is 2.38 bits per heavy atom. The van der Waals surface area contributed by atoms with E-state index in [1.165, 1.54) is 0 Å². The molecule has 0 saturated carbocycles. The number of nitrogens with zero attached hydrogens (tertiary/aromatic N) is 3. The van der Waals surface area contributed by atoms with Crippen molar-refractivity contribution in [2.75, 3.05) is 20.2 Å². The summed E-state index contributed by atoms with van der Waals surface area (Å²) in [5.74, 6) is 0.564. The Hall–Kier alpha value is -1.61. The van der Waals surface area contributed by atoms with Crippen LogP contribution in [-0.4, -0.2) is 55.5 Å². The van der Waals surface area contributed by atoms with E-state index in [-0.39, 0.29) is 22.3 Å². The van der Waals surface area contributed by atoms with Gasteiger partial charge in [-0.05, 0) is 54.4 Å². The van der Waals surface area contributed by atoms with E-state index >= 15 is 0 Å². The smallest absolute Gasteiger partial charge is 0.410 e. The van der Waals surface area contributed by atoms with Gasteiger partial charge in [0, 0.05) is 31.1 Å². The molecule has 9 heteroatoms.